The van der Waals surface area contributed by atoms with Crippen LogP contribution in [0.4, 0.5) is 23.5 Å². The monoisotopic (exact) mass is 532 g/mol. The van der Waals surface area contributed by atoms with Gasteiger partial charge in [-0.1, -0.05) is 48.0 Å². The molecule has 1 saturated heterocycles. The molecule has 6 nitrogen and oxygen atoms in total. The number of nitrogens with one attached hydrogen (secondary N) is 1. The van der Waals surface area contributed by atoms with Crippen LogP contribution in [0.15, 0.2) is 60.7 Å². The van der Waals surface area contributed by atoms with Gasteiger partial charge in [0, 0.05) is 26.2 Å². The molecule has 0 saturated carbocycles. The molecule has 3 aromatic carbocycles. The Hall–Kier alpha value is -3.63. The van der Waals surface area contributed by atoms with Crippen molar-refractivity contribution in [1.29, 1.82) is 0 Å². The molecule has 0 unspecified atom stereocenters. The van der Waals surface area contributed by atoms with Crippen molar-refractivity contribution >= 4 is 34.6 Å². The minimum Gasteiger partial charge on any atom is -0.419 e. The van der Waals surface area contributed by atoms with Crippen molar-refractivity contribution < 1.29 is 27.1 Å². The van der Waals surface area contributed by atoms with Crippen molar-refractivity contribution in [3.8, 4) is 16.9 Å². The van der Waals surface area contributed by atoms with Crippen molar-refractivity contribution in [2.45, 2.75) is 12.7 Å². The summed E-state index contributed by atoms with van der Waals surface area (Å²) in [5.41, 5.74) is 2.51. The van der Waals surface area contributed by atoms with E-state index in [-0.39, 0.29) is 22.9 Å². The van der Waals surface area contributed by atoms with Gasteiger partial charge < -0.3 is 19.5 Å². The lowest BCUT2D eigenvalue weighted by molar-refractivity contribution is -0.189. The third-order valence-electron chi connectivity index (χ3n) is 6.08. The van der Waals surface area contributed by atoms with Crippen LogP contribution in [0, 0.1) is 5.82 Å². The number of esters is 1. The first-order valence-electron chi connectivity index (χ1n) is 11.5. The number of carbonyl (C=O) groups excluding carboxylic acids is 1. The lowest BCUT2D eigenvalue weighted by Crippen LogP contribution is -2.44. The highest BCUT2D eigenvalue weighted by molar-refractivity contribution is 6.30. The normalized spacial score (nSPS) is 14.2. The predicted octanol–water partition coefficient (Wildman–Crippen LogP) is 5.42. The molecule has 0 aliphatic carbocycles. The number of alkyl halides is 3. The molecule has 0 spiro atoms. The largest absolute Gasteiger partial charge is 0.491 e. The number of piperazine rings is 1. The summed E-state index contributed by atoms with van der Waals surface area (Å²) in [6.07, 6.45) is -5.16. The number of hydrogen-bond donors (Lipinski definition) is 1. The molecule has 0 radical (unpaired) electrons. The Morgan fingerprint density at radius 2 is 1.78 bits per heavy atom. The number of carbonyl (C=O) groups is 1. The van der Waals surface area contributed by atoms with Crippen LogP contribution in [0.3, 0.4) is 0 Å². The van der Waals surface area contributed by atoms with Crippen LogP contribution >= 0.6 is 11.6 Å². The minimum atomic E-state index is -5.16. The SMILES string of the molecule is O=C(Oc1ccc2c(nc(N3CCNCC3)n2Cc2ccc(F)c(Cl)c2)c1-c1ccccc1)C(F)(F)F. The Kier molecular flexibility index (Phi) is 6.78. The molecule has 0 atom stereocenters. The van der Waals surface area contributed by atoms with Crippen LogP contribution in [-0.2, 0) is 11.3 Å². The van der Waals surface area contributed by atoms with Gasteiger partial charge >= 0.3 is 12.1 Å². The van der Waals surface area contributed by atoms with E-state index in [0.29, 0.717) is 35.6 Å². The summed E-state index contributed by atoms with van der Waals surface area (Å²) in [6, 6.07) is 16.0. The maximum absolute atomic E-state index is 13.8. The van der Waals surface area contributed by atoms with Gasteiger partial charge in [-0.2, -0.15) is 13.2 Å². The second-order valence-corrected chi connectivity index (χ2v) is 8.95. The van der Waals surface area contributed by atoms with Crippen LogP contribution in [0.25, 0.3) is 22.2 Å². The second kappa shape index (κ2) is 10.0. The highest BCUT2D eigenvalue weighted by Crippen LogP contribution is 2.40. The zero-order valence-electron chi connectivity index (χ0n) is 19.4. The van der Waals surface area contributed by atoms with Crippen molar-refractivity contribution in [2.24, 2.45) is 0 Å². The fourth-order valence-corrected chi connectivity index (χ4v) is 4.57. The summed E-state index contributed by atoms with van der Waals surface area (Å²) < 4.78 is 59.7. The van der Waals surface area contributed by atoms with Crippen molar-refractivity contribution in [1.82, 2.24) is 14.9 Å². The van der Waals surface area contributed by atoms with E-state index in [9.17, 15) is 22.4 Å². The lowest BCUT2D eigenvalue weighted by Gasteiger charge is -2.29. The van der Waals surface area contributed by atoms with Gasteiger partial charge in [0.2, 0.25) is 5.95 Å². The predicted molar refractivity (Wildman–Crippen MR) is 132 cm³/mol. The number of halogens is 5. The van der Waals surface area contributed by atoms with Gasteiger partial charge in [-0.05, 0) is 35.4 Å². The Balaban J connectivity index is 1.71. The van der Waals surface area contributed by atoms with Gasteiger partial charge in [0.05, 0.1) is 22.6 Å². The Bertz CT molecular complexity index is 1450. The Morgan fingerprint density at radius 3 is 2.46 bits per heavy atom. The molecule has 1 aliphatic heterocycles. The lowest BCUT2D eigenvalue weighted by atomic mass is 10.0. The summed E-state index contributed by atoms with van der Waals surface area (Å²) in [5, 5.41) is 3.26. The van der Waals surface area contributed by atoms with Gasteiger partial charge in [-0.25, -0.2) is 14.2 Å². The van der Waals surface area contributed by atoms with Gasteiger partial charge in [-0.3, -0.25) is 0 Å². The van der Waals surface area contributed by atoms with Crippen LogP contribution in [-0.4, -0.2) is 47.9 Å². The average molecular weight is 533 g/mol. The Morgan fingerprint density at radius 1 is 1.05 bits per heavy atom. The zero-order chi connectivity index (χ0) is 26.2. The maximum Gasteiger partial charge on any atom is 0.491 e. The number of imidazole rings is 1. The molecule has 2 heterocycles. The summed E-state index contributed by atoms with van der Waals surface area (Å²) in [4.78, 5) is 18.7. The molecular weight excluding hydrogens is 512 g/mol. The first-order chi connectivity index (χ1) is 17.7. The Labute approximate surface area is 214 Å². The number of rotatable bonds is 5. The minimum absolute atomic E-state index is 0.0167. The highest BCUT2D eigenvalue weighted by atomic mass is 35.5. The fourth-order valence-electron chi connectivity index (χ4n) is 4.37. The van der Waals surface area contributed by atoms with Crippen LogP contribution < -0.4 is 15.0 Å². The average Bonchev–Trinajstić information content (AvgIpc) is 3.24. The third kappa shape index (κ3) is 5.12. The van der Waals surface area contributed by atoms with E-state index in [1.54, 1.807) is 42.5 Å². The quantitative estimate of drug-likeness (QED) is 0.211. The number of anilines is 1. The molecule has 1 N–H and O–H groups in total. The molecule has 1 fully saturated rings. The van der Waals surface area contributed by atoms with Gasteiger partial charge in [0.25, 0.3) is 0 Å². The molecule has 11 heteroatoms. The van der Waals surface area contributed by atoms with E-state index < -0.39 is 18.0 Å². The molecule has 37 heavy (non-hydrogen) atoms. The third-order valence-corrected chi connectivity index (χ3v) is 6.37. The number of aromatic nitrogens is 2. The molecule has 1 aliphatic rings. The van der Waals surface area contributed by atoms with Gasteiger partial charge in [-0.15, -0.1) is 0 Å². The number of benzene rings is 3. The summed E-state index contributed by atoms with van der Waals surface area (Å²) in [5.74, 6) is -2.51. The maximum atomic E-state index is 13.8. The highest BCUT2D eigenvalue weighted by Gasteiger charge is 2.42. The molecule has 4 aromatic rings. The molecule has 5 rings (SSSR count). The summed E-state index contributed by atoms with van der Waals surface area (Å²) >= 11 is 6.01. The van der Waals surface area contributed by atoms with Gasteiger partial charge in [0.15, 0.2) is 0 Å². The summed E-state index contributed by atoms with van der Waals surface area (Å²) in [6.45, 7) is 3.05. The fraction of sp³-hybridized carbons (Fsp3) is 0.231. The molecule has 0 amide bonds. The van der Waals surface area contributed by atoms with Gasteiger partial charge in [0.1, 0.15) is 17.1 Å². The van der Waals surface area contributed by atoms with Crippen LogP contribution in [0.2, 0.25) is 5.02 Å². The van der Waals surface area contributed by atoms with E-state index >= 15 is 0 Å². The second-order valence-electron chi connectivity index (χ2n) is 8.54. The molecule has 1 aromatic heterocycles. The number of fused-ring (bicyclic) bond motifs is 1. The van der Waals surface area contributed by atoms with E-state index in [0.717, 1.165) is 18.7 Å². The van der Waals surface area contributed by atoms with E-state index in [4.69, 9.17) is 21.3 Å². The van der Waals surface area contributed by atoms with Crippen molar-refractivity contribution in [3.05, 3.63) is 77.1 Å². The van der Waals surface area contributed by atoms with Crippen molar-refractivity contribution in [2.75, 3.05) is 31.1 Å². The zero-order valence-corrected chi connectivity index (χ0v) is 20.1. The number of hydrogen-bond acceptors (Lipinski definition) is 5. The molecular formula is C26H21ClF4N4O2. The van der Waals surface area contributed by atoms with E-state index in [1.165, 1.54) is 18.2 Å². The van der Waals surface area contributed by atoms with E-state index in [2.05, 4.69) is 10.2 Å². The van der Waals surface area contributed by atoms with Crippen molar-refractivity contribution in [3.63, 3.8) is 0 Å². The number of ether oxygens (including phenoxy) is 1. The van der Waals surface area contributed by atoms with Crippen LogP contribution in [0.1, 0.15) is 5.56 Å². The topological polar surface area (TPSA) is 59.4 Å². The standard InChI is InChI=1S/C26H21ClF4N4O2/c27-18-14-16(6-7-19(18)28)15-35-20-8-9-21(37-24(36)26(29,30)31)22(17-4-2-1-3-5-17)23(20)33-25(35)34-12-10-32-11-13-34/h1-9,14,32H,10-13,15H2. The smallest absolute Gasteiger partial charge is 0.419 e. The number of nitrogens with zero attached hydrogens (tertiary/aromatic N) is 3. The summed E-state index contributed by atoms with van der Waals surface area (Å²) in [7, 11) is 0. The molecule has 192 valence electrons. The molecule has 0 bridgehead atoms. The first kappa shape index (κ1) is 25.0. The first-order valence-corrected chi connectivity index (χ1v) is 11.9. The van der Waals surface area contributed by atoms with Crippen LogP contribution in [0.5, 0.6) is 5.75 Å². The van der Waals surface area contributed by atoms with E-state index in [1.807, 2.05) is 4.57 Å².